The Hall–Kier alpha value is -0.790. The molecule has 0 aliphatic carbocycles. The average molecular weight is 364 g/mol. The molecule has 1 unspecified atom stereocenters. The van der Waals surface area contributed by atoms with E-state index in [1.165, 1.54) is 6.26 Å². The van der Waals surface area contributed by atoms with Gasteiger partial charge in [-0.15, -0.1) is 0 Å². The van der Waals surface area contributed by atoms with Crippen LogP contribution in [0.3, 0.4) is 0 Å². The first-order chi connectivity index (χ1) is 9.14. The zero-order valence-electron chi connectivity index (χ0n) is 11.6. The van der Waals surface area contributed by atoms with Crippen molar-refractivity contribution in [3.63, 3.8) is 0 Å². The molecule has 1 aromatic rings. The number of fused-ring (bicyclic) bond motifs is 1. The van der Waals surface area contributed by atoms with E-state index in [4.69, 9.17) is 15.2 Å². The van der Waals surface area contributed by atoms with Crippen LogP contribution in [0.5, 0.6) is 11.5 Å². The highest BCUT2D eigenvalue weighted by Crippen LogP contribution is 2.41. The molecular weight excluding hydrogens is 346 g/mol. The van der Waals surface area contributed by atoms with Gasteiger partial charge in [0.2, 0.25) is 0 Å². The summed E-state index contributed by atoms with van der Waals surface area (Å²) in [7, 11) is -3.31. The predicted octanol–water partition coefficient (Wildman–Crippen LogP) is 2.04. The lowest BCUT2D eigenvalue weighted by molar-refractivity contribution is 0.171. The SMILES string of the molecule is CC(C)(C(N)c1cc2c(cc1Br)OCCO2)S(C)(=O)=O. The number of ether oxygens (including phenoxy) is 2. The van der Waals surface area contributed by atoms with Gasteiger partial charge in [-0.05, 0) is 31.5 Å². The van der Waals surface area contributed by atoms with Crippen LogP contribution in [0, 0.1) is 0 Å². The second-order valence-corrected chi connectivity index (χ2v) is 8.82. The molecule has 1 aromatic carbocycles. The van der Waals surface area contributed by atoms with E-state index in [0.29, 0.717) is 34.7 Å². The number of hydrogen-bond donors (Lipinski definition) is 1. The highest BCUT2D eigenvalue weighted by atomic mass is 79.9. The largest absolute Gasteiger partial charge is 0.486 e. The topological polar surface area (TPSA) is 78.6 Å². The molecule has 2 N–H and O–H groups in total. The fraction of sp³-hybridized carbons (Fsp3) is 0.538. The van der Waals surface area contributed by atoms with Crippen molar-refractivity contribution >= 4 is 25.8 Å². The molecule has 0 aromatic heterocycles. The molecular formula is C13H18BrNO4S. The van der Waals surface area contributed by atoms with Crippen molar-refractivity contribution in [2.45, 2.75) is 24.6 Å². The van der Waals surface area contributed by atoms with Crippen LogP contribution in [-0.4, -0.2) is 32.6 Å². The average Bonchev–Trinajstić information content (AvgIpc) is 2.35. The number of rotatable bonds is 3. The van der Waals surface area contributed by atoms with Crippen LogP contribution in [0.15, 0.2) is 16.6 Å². The third-order valence-electron chi connectivity index (χ3n) is 3.70. The first-order valence-electron chi connectivity index (χ1n) is 6.19. The highest BCUT2D eigenvalue weighted by molar-refractivity contribution is 9.10. The van der Waals surface area contributed by atoms with Gasteiger partial charge in [0.15, 0.2) is 21.3 Å². The monoisotopic (exact) mass is 363 g/mol. The van der Waals surface area contributed by atoms with Gasteiger partial charge < -0.3 is 15.2 Å². The van der Waals surface area contributed by atoms with Crippen LogP contribution in [0.2, 0.25) is 0 Å². The Morgan fingerprint density at radius 2 is 1.75 bits per heavy atom. The van der Waals surface area contributed by atoms with Gasteiger partial charge >= 0.3 is 0 Å². The van der Waals surface area contributed by atoms with E-state index < -0.39 is 20.6 Å². The minimum absolute atomic E-state index is 0.471. The van der Waals surface area contributed by atoms with Gasteiger partial charge in [-0.3, -0.25) is 0 Å². The molecule has 1 aliphatic rings. The molecule has 0 bridgehead atoms. The Bertz CT molecular complexity index is 628. The summed E-state index contributed by atoms with van der Waals surface area (Å²) in [4.78, 5) is 0. The zero-order chi connectivity index (χ0) is 15.1. The van der Waals surface area contributed by atoms with E-state index in [2.05, 4.69) is 15.9 Å². The van der Waals surface area contributed by atoms with Gasteiger partial charge in [0, 0.05) is 10.7 Å². The van der Waals surface area contributed by atoms with Gasteiger partial charge in [0.1, 0.15) is 13.2 Å². The summed E-state index contributed by atoms with van der Waals surface area (Å²) in [5.41, 5.74) is 6.87. The lowest BCUT2D eigenvalue weighted by Crippen LogP contribution is -2.42. The van der Waals surface area contributed by atoms with Crippen LogP contribution in [0.1, 0.15) is 25.5 Å². The molecule has 1 aliphatic heterocycles. The molecule has 0 spiro atoms. The van der Waals surface area contributed by atoms with Gasteiger partial charge in [0.25, 0.3) is 0 Å². The Morgan fingerprint density at radius 1 is 1.25 bits per heavy atom. The van der Waals surface area contributed by atoms with Crippen LogP contribution in [0.4, 0.5) is 0 Å². The summed E-state index contributed by atoms with van der Waals surface area (Å²) in [5.74, 6) is 1.23. The molecule has 112 valence electrons. The molecule has 5 nitrogen and oxygen atoms in total. The molecule has 0 saturated carbocycles. The van der Waals surface area contributed by atoms with E-state index in [1.54, 1.807) is 26.0 Å². The van der Waals surface area contributed by atoms with Crippen molar-refractivity contribution in [1.29, 1.82) is 0 Å². The van der Waals surface area contributed by atoms with E-state index in [0.717, 1.165) is 0 Å². The molecule has 1 atom stereocenters. The number of nitrogens with two attached hydrogens (primary N) is 1. The highest BCUT2D eigenvalue weighted by Gasteiger charge is 2.39. The first-order valence-corrected chi connectivity index (χ1v) is 8.87. The number of hydrogen-bond acceptors (Lipinski definition) is 5. The fourth-order valence-corrected chi connectivity index (χ4v) is 3.08. The van der Waals surface area contributed by atoms with Crippen LogP contribution in [-0.2, 0) is 9.84 Å². The second kappa shape index (κ2) is 5.20. The molecule has 7 heteroatoms. The number of halogens is 1. The summed E-state index contributed by atoms with van der Waals surface area (Å²) < 4.78 is 34.5. The second-order valence-electron chi connectivity index (χ2n) is 5.37. The third kappa shape index (κ3) is 2.66. The molecule has 0 amide bonds. The summed E-state index contributed by atoms with van der Waals surface area (Å²) in [5, 5.41) is 0. The third-order valence-corrected chi connectivity index (χ3v) is 6.55. The summed E-state index contributed by atoms with van der Waals surface area (Å²) in [6.07, 6.45) is 1.19. The maximum atomic E-state index is 11.9. The maximum absolute atomic E-state index is 11.9. The van der Waals surface area contributed by atoms with Crippen molar-refractivity contribution in [2.75, 3.05) is 19.5 Å². The van der Waals surface area contributed by atoms with Gasteiger partial charge in [-0.25, -0.2) is 8.42 Å². The minimum atomic E-state index is -3.31. The molecule has 1 heterocycles. The quantitative estimate of drug-likeness (QED) is 0.888. The smallest absolute Gasteiger partial charge is 0.162 e. The van der Waals surface area contributed by atoms with Crippen molar-refractivity contribution in [3.05, 3.63) is 22.2 Å². The van der Waals surface area contributed by atoms with Crippen LogP contribution >= 0.6 is 15.9 Å². The van der Waals surface area contributed by atoms with Crippen molar-refractivity contribution < 1.29 is 17.9 Å². The van der Waals surface area contributed by atoms with Gasteiger partial charge in [-0.1, -0.05) is 15.9 Å². The van der Waals surface area contributed by atoms with Crippen molar-refractivity contribution in [2.24, 2.45) is 5.73 Å². The van der Waals surface area contributed by atoms with Crippen molar-refractivity contribution in [1.82, 2.24) is 0 Å². The standard InChI is InChI=1S/C13H18BrNO4S/c1-13(2,20(3,16)17)12(15)8-6-10-11(7-9(8)14)19-5-4-18-10/h6-7,12H,4-5,15H2,1-3H3. The molecule has 20 heavy (non-hydrogen) atoms. The van der Waals surface area contributed by atoms with Crippen molar-refractivity contribution in [3.8, 4) is 11.5 Å². The summed E-state index contributed by atoms with van der Waals surface area (Å²) in [6.45, 7) is 4.21. The molecule has 0 radical (unpaired) electrons. The predicted molar refractivity (Wildman–Crippen MR) is 81.0 cm³/mol. The number of benzene rings is 1. The first kappa shape index (κ1) is 15.6. The van der Waals surface area contributed by atoms with Crippen LogP contribution in [0.25, 0.3) is 0 Å². The fourth-order valence-electron chi connectivity index (χ4n) is 1.92. The minimum Gasteiger partial charge on any atom is -0.486 e. The summed E-state index contributed by atoms with van der Waals surface area (Å²) in [6, 6.07) is 2.83. The Morgan fingerprint density at radius 3 is 2.25 bits per heavy atom. The zero-order valence-corrected chi connectivity index (χ0v) is 14.0. The van der Waals surface area contributed by atoms with E-state index in [9.17, 15) is 8.42 Å². The van der Waals surface area contributed by atoms with E-state index in [1.807, 2.05) is 0 Å². The summed E-state index contributed by atoms with van der Waals surface area (Å²) >= 11 is 3.42. The van der Waals surface area contributed by atoms with E-state index >= 15 is 0 Å². The van der Waals surface area contributed by atoms with Gasteiger partial charge in [0.05, 0.1) is 10.8 Å². The lowest BCUT2D eigenvalue weighted by Gasteiger charge is -2.31. The normalized spacial score (nSPS) is 16.9. The Labute approximate surface area is 127 Å². The Balaban J connectivity index is 2.48. The maximum Gasteiger partial charge on any atom is 0.162 e. The lowest BCUT2D eigenvalue weighted by atomic mass is 9.95. The Kier molecular flexibility index (Phi) is 4.05. The van der Waals surface area contributed by atoms with E-state index in [-0.39, 0.29) is 0 Å². The molecule has 2 rings (SSSR count). The molecule has 0 saturated heterocycles. The van der Waals surface area contributed by atoms with Gasteiger partial charge in [-0.2, -0.15) is 0 Å². The molecule has 0 fully saturated rings. The number of sulfone groups is 1. The van der Waals surface area contributed by atoms with Crippen LogP contribution < -0.4 is 15.2 Å².